The third kappa shape index (κ3) is 6.93. The van der Waals surface area contributed by atoms with Crippen LogP contribution in [0.5, 0.6) is 0 Å². The number of carbonyl (C=O) groups excluding carboxylic acids is 1. The van der Waals surface area contributed by atoms with Gasteiger partial charge in [0.25, 0.3) is 0 Å². The molecule has 0 saturated heterocycles. The normalized spacial score (nSPS) is 11.8. The Morgan fingerprint density at radius 3 is 2.51 bits per heavy atom. The molecule has 1 heterocycles. The summed E-state index contributed by atoms with van der Waals surface area (Å²) in [5.41, 5.74) is 2.78. The lowest BCUT2D eigenvalue weighted by Crippen LogP contribution is -2.30. The summed E-state index contributed by atoms with van der Waals surface area (Å²) in [5, 5.41) is 14.1. The summed E-state index contributed by atoms with van der Waals surface area (Å²) < 4.78 is 5.41. The van der Waals surface area contributed by atoms with Crippen LogP contribution in [0.1, 0.15) is 49.5 Å². The number of carboxylic acid groups (broad SMARTS) is 1. The number of H-pyrrole nitrogens is 1. The van der Waals surface area contributed by atoms with Crippen LogP contribution in [0.2, 0.25) is 0 Å². The van der Waals surface area contributed by atoms with Crippen LogP contribution >= 0.6 is 0 Å². The highest BCUT2D eigenvalue weighted by Crippen LogP contribution is 2.26. The molecular formula is C28H29N3O4. The van der Waals surface area contributed by atoms with Crippen LogP contribution in [0.25, 0.3) is 22.0 Å². The number of rotatable bonds is 11. The molecule has 0 fully saturated rings. The van der Waals surface area contributed by atoms with Crippen molar-refractivity contribution in [2.24, 2.45) is 0 Å². The van der Waals surface area contributed by atoms with Crippen molar-refractivity contribution >= 4 is 22.8 Å². The minimum Gasteiger partial charge on any atom is -0.481 e. The van der Waals surface area contributed by atoms with E-state index in [4.69, 9.17) is 9.84 Å². The summed E-state index contributed by atoms with van der Waals surface area (Å²) in [4.78, 5) is 31.2. The number of nitrogens with zero attached hydrogens (tertiary/aromatic N) is 1. The van der Waals surface area contributed by atoms with E-state index in [0.717, 1.165) is 40.4 Å². The predicted octanol–water partition coefficient (Wildman–Crippen LogP) is 6.23. The van der Waals surface area contributed by atoms with Gasteiger partial charge in [-0.05, 0) is 35.2 Å². The maximum Gasteiger partial charge on any atom is 0.408 e. The van der Waals surface area contributed by atoms with Crippen LogP contribution in [-0.4, -0.2) is 27.1 Å². The quantitative estimate of drug-likeness (QED) is 0.225. The molecule has 0 bridgehead atoms. The van der Waals surface area contributed by atoms with E-state index in [1.807, 2.05) is 48.5 Å². The van der Waals surface area contributed by atoms with Gasteiger partial charge in [-0.3, -0.25) is 4.79 Å². The molecule has 1 atom stereocenters. The fourth-order valence-electron chi connectivity index (χ4n) is 4.00. The van der Waals surface area contributed by atoms with E-state index in [1.54, 1.807) is 6.20 Å². The van der Waals surface area contributed by atoms with E-state index in [1.165, 1.54) is 0 Å². The van der Waals surface area contributed by atoms with Gasteiger partial charge in [0.1, 0.15) is 12.4 Å². The van der Waals surface area contributed by atoms with E-state index < -0.39 is 12.1 Å². The van der Waals surface area contributed by atoms with Crippen LogP contribution in [-0.2, 0) is 16.1 Å². The van der Waals surface area contributed by atoms with Gasteiger partial charge in [0.2, 0.25) is 0 Å². The maximum atomic E-state index is 12.5. The van der Waals surface area contributed by atoms with Crippen molar-refractivity contribution in [3.05, 3.63) is 90.4 Å². The van der Waals surface area contributed by atoms with Crippen molar-refractivity contribution < 1.29 is 19.4 Å². The van der Waals surface area contributed by atoms with E-state index >= 15 is 0 Å². The van der Waals surface area contributed by atoms with E-state index in [2.05, 4.69) is 39.6 Å². The Balaban J connectivity index is 1.44. The molecule has 7 nitrogen and oxygen atoms in total. The molecule has 3 aromatic carbocycles. The molecular weight excluding hydrogens is 442 g/mol. The monoisotopic (exact) mass is 471 g/mol. The Labute approximate surface area is 204 Å². The third-order valence-electron chi connectivity index (χ3n) is 5.87. The number of aromatic amines is 1. The van der Waals surface area contributed by atoms with Crippen molar-refractivity contribution in [3.8, 4) is 11.3 Å². The molecule has 1 amide bonds. The minimum atomic E-state index is -0.796. The fraction of sp³-hybridized carbons (Fsp3) is 0.250. The summed E-state index contributed by atoms with van der Waals surface area (Å²) in [7, 11) is 0. The molecule has 0 saturated carbocycles. The van der Waals surface area contributed by atoms with Crippen molar-refractivity contribution in [1.82, 2.24) is 15.3 Å². The van der Waals surface area contributed by atoms with Crippen LogP contribution in [0, 0.1) is 0 Å². The van der Waals surface area contributed by atoms with Gasteiger partial charge in [-0.25, -0.2) is 9.78 Å². The standard InChI is InChI=1S/C28H29N3O4/c32-26(33)14-6-2-5-13-24(31-28(34)35-19-20-9-3-1-4-10-20)27-29-18-25(30-27)23-16-15-21-11-7-8-12-22(21)17-23/h1,3-4,7-12,15-18,24H,2,5-6,13-14,19H2,(H,29,30)(H,31,34)(H,32,33)/t24-/m0/s1. The fourth-order valence-corrected chi connectivity index (χ4v) is 4.00. The number of carboxylic acids is 1. The molecule has 7 heteroatoms. The van der Waals surface area contributed by atoms with Gasteiger partial charge in [0.05, 0.1) is 17.9 Å². The van der Waals surface area contributed by atoms with Gasteiger partial charge in [0.15, 0.2) is 0 Å². The molecule has 4 rings (SSSR count). The van der Waals surface area contributed by atoms with Crippen LogP contribution in [0.4, 0.5) is 4.79 Å². The Kier molecular flexibility index (Phi) is 8.12. The zero-order valence-corrected chi connectivity index (χ0v) is 19.4. The highest BCUT2D eigenvalue weighted by molar-refractivity contribution is 5.86. The predicted molar refractivity (Wildman–Crippen MR) is 135 cm³/mol. The Bertz CT molecular complexity index is 1270. The lowest BCUT2D eigenvalue weighted by molar-refractivity contribution is -0.137. The highest BCUT2D eigenvalue weighted by Gasteiger charge is 2.19. The zero-order chi connectivity index (χ0) is 24.5. The first-order chi connectivity index (χ1) is 17.1. The van der Waals surface area contributed by atoms with Gasteiger partial charge < -0.3 is 20.1 Å². The first-order valence-electron chi connectivity index (χ1n) is 11.8. The largest absolute Gasteiger partial charge is 0.481 e. The molecule has 1 aromatic heterocycles. The molecule has 0 spiro atoms. The molecule has 3 N–H and O–H groups in total. The number of alkyl carbamates (subject to hydrolysis) is 1. The topological polar surface area (TPSA) is 104 Å². The Morgan fingerprint density at radius 2 is 1.71 bits per heavy atom. The SMILES string of the molecule is O=C(O)CCCCC[C@H](NC(=O)OCc1ccccc1)c1ncc(-c2ccc3ccccc3c2)[nH]1. The van der Waals surface area contributed by atoms with Crippen molar-refractivity contribution in [3.63, 3.8) is 0 Å². The molecule has 180 valence electrons. The summed E-state index contributed by atoms with van der Waals surface area (Å²) >= 11 is 0. The van der Waals surface area contributed by atoms with Crippen molar-refractivity contribution in [2.75, 3.05) is 0 Å². The minimum absolute atomic E-state index is 0.143. The molecule has 35 heavy (non-hydrogen) atoms. The van der Waals surface area contributed by atoms with Gasteiger partial charge in [0, 0.05) is 12.0 Å². The second-order valence-electron chi connectivity index (χ2n) is 8.50. The molecule has 0 aliphatic heterocycles. The zero-order valence-electron chi connectivity index (χ0n) is 19.4. The van der Waals surface area contributed by atoms with Gasteiger partial charge in [-0.2, -0.15) is 0 Å². The number of benzene rings is 3. The summed E-state index contributed by atoms with van der Waals surface area (Å²) in [6.45, 7) is 0.179. The number of amides is 1. The number of ether oxygens (including phenoxy) is 1. The molecule has 0 aliphatic carbocycles. The van der Waals surface area contributed by atoms with E-state index in [0.29, 0.717) is 18.7 Å². The van der Waals surface area contributed by atoms with Crippen molar-refractivity contribution in [1.29, 1.82) is 0 Å². The maximum absolute atomic E-state index is 12.5. The van der Waals surface area contributed by atoms with Gasteiger partial charge in [-0.15, -0.1) is 0 Å². The molecule has 0 radical (unpaired) electrons. The highest BCUT2D eigenvalue weighted by atomic mass is 16.5. The molecule has 0 unspecified atom stereocenters. The van der Waals surface area contributed by atoms with Gasteiger partial charge >= 0.3 is 12.1 Å². The number of fused-ring (bicyclic) bond motifs is 1. The molecule has 4 aromatic rings. The molecule has 0 aliphatic rings. The number of carbonyl (C=O) groups is 2. The lowest BCUT2D eigenvalue weighted by atomic mass is 10.1. The van der Waals surface area contributed by atoms with Crippen LogP contribution in [0.3, 0.4) is 0 Å². The number of aliphatic carboxylic acids is 1. The second-order valence-corrected chi connectivity index (χ2v) is 8.50. The number of imidazole rings is 1. The number of hydrogen-bond donors (Lipinski definition) is 3. The summed E-state index contributed by atoms with van der Waals surface area (Å²) in [6.07, 6.45) is 4.11. The number of hydrogen-bond acceptors (Lipinski definition) is 4. The van der Waals surface area contributed by atoms with Crippen molar-refractivity contribution in [2.45, 2.75) is 44.8 Å². The first-order valence-corrected chi connectivity index (χ1v) is 11.8. The smallest absolute Gasteiger partial charge is 0.408 e. The first kappa shape index (κ1) is 24.0. The lowest BCUT2D eigenvalue weighted by Gasteiger charge is -2.17. The number of aromatic nitrogens is 2. The van der Waals surface area contributed by atoms with Crippen LogP contribution in [0.15, 0.2) is 79.0 Å². The van der Waals surface area contributed by atoms with Gasteiger partial charge in [-0.1, -0.05) is 79.6 Å². The third-order valence-corrected chi connectivity index (χ3v) is 5.87. The summed E-state index contributed by atoms with van der Waals surface area (Å²) in [5.74, 6) is -0.154. The number of unbranched alkanes of at least 4 members (excludes halogenated alkanes) is 2. The van der Waals surface area contributed by atoms with Crippen LogP contribution < -0.4 is 5.32 Å². The second kappa shape index (κ2) is 11.8. The van der Waals surface area contributed by atoms with E-state index in [-0.39, 0.29) is 19.1 Å². The number of nitrogens with one attached hydrogen (secondary N) is 2. The average molecular weight is 472 g/mol. The Hall–Kier alpha value is -4.13. The summed E-state index contributed by atoms with van der Waals surface area (Å²) in [6, 6.07) is 23.5. The van der Waals surface area contributed by atoms with E-state index in [9.17, 15) is 9.59 Å². The average Bonchev–Trinajstić information content (AvgIpc) is 3.37. The Morgan fingerprint density at radius 1 is 0.943 bits per heavy atom.